The van der Waals surface area contributed by atoms with Crippen molar-refractivity contribution in [1.29, 1.82) is 0 Å². The quantitative estimate of drug-likeness (QED) is 0.715. The minimum atomic E-state index is -0.927. The Morgan fingerprint density at radius 2 is 1.83 bits per heavy atom. The van der Waals surface area contributed by atoms with Gasteiger partial charge in [0.2, 0.25) is 0 Å². The van der Waals surface area contributed by atoms with E-state index in [0.717, 1.165) is 32.1 Å². The smallest absolute Gasteiger partial charge is 0.326 e. The summed E-state index contributed by atoms with van der Waals surface area (Å²) in [4.78, 5) is 22.8. The molecular weight excluding hydrogens is 232 g/mol. The Hall–Kier alpha value is -1.26. The van der Waals surface area contributed by atoms with Crippen molar-refractivity contribution < 1.29 is 14.7 Å². The molecule has 2 fully saturated rings. The molecule has 5 nitrogen and oxygen atoms in total. The van der Waals surface area contributed by atoms with Crippen molar-refractivity contribution >= 4 is 12.0 Å². The second-order valence-corrected chi connectivity index (χ2v) is 5.64. The lowest BCUT2D eigenvalue weighted by atomic mass is 9.86. The summed E-state index contributed by atoms with van der Waals surface area (Å²) < 4.78 is 0. The van der Waals surface area contributed by atoms with Crippen LogP contribution in [0.4, 0.5) is 4.79 Å². The average molecular weight is 254 g/mol. The number of carboxylic acids is 1. The molecule has 3 N–H and O–H groups in total. The molecule has 0 aromatic heterocycles. The zero-order chi connectivity index (χ0) is 13.1. The molecule has 2 rings (SSSR count). The Bertz CT molecular complexity index is 328. The molecule has 0 heterocycles. The van der Waals surface area contributed by atoms with Crippen LogP contribution in [0.2, 0.25) is 0 Å². The highest BCUT2D eigenvalue weighted by Gasteiger charge is 2.37. The molecule has 2 aliphatic carbocycles. The van der Waals surface area contributed by atoms with Crippen LogP contribution >= 0.6 is 0 Å². The number of amides is 2. The number of carbonyl (C=O) groups excluding carboxylic acids is 1. The number of aliphatic carboxylic acids is 1. The van der Waals surface area contributed by atoms with Crippen molar-refractivity contribution in [2.24, 2.45) is 11.8 Å². The highest BCUT2D eigenvalue weighted by atomic mass is 16.4. The summed E-state index contributed by atoms with van der Waals surface area (Å²) in [5.41, 5.74) is 0. The first kappa shape index (κ1) is 13.2. The fourth-order valence-electron chi connectivity index (χ4n) is 2.69. The first-order chi connectivity index (χ1) is 8.58. The van der Waals surface area contributed by atoms with E-state index in [1.165, 1.54) is 6.42 Å². The molecule has 0 aliphatic heterocycles. The maximum Gasteiger partial charge on any atom is 0.326 e. The van der Waals surface area contributed by atoms with Gasteiger partial charge in [0.05, 0.1) is 0 Å². The van der Waals surface area contributed by atoms with Crippen molar-refractivity contribution in [3.8, 4) is 0 Å². The van der Waals surface area contributed by atoms with Crippen molar-refractivity contribution in [3.63, 3.8) is 0 Å². The molecule has 0 aromatic carbocycles. The molecule has 2 amide bonds. The third-order valence-electron chi connectivity index (χ3n) is 4.07. The van der Waals surface area contributed by atoms with Crippen LogP contribution in [0.25, 0.3) is 0 Å². The Labute approximate surface area is 107 Å². The Balaban J connectivity index is 1.81. The maximum atomic E-state index is 11.8. The predicted molar refractivity (Wildman–Crippen MR) is 67.2 cm³/mol. The summed E-state index contributed by atoms with van der Waals surface area (Å²) in [6, 6.07) is -0.857. The number of carboxylic acid groups (broad SMARTS) is 1. The number of rotatable bonds is 4. The van der Waals surface area contributed by atoms with E-state index >= 15 is 0 Å². The van der Waals surface area contributed by atoms with Gasteiger partial charge in [-0.3, -0.25) is 0 Å². The molecule has 3 atom stereocenters. The Morgan fingerprint density at radius 3 is 2.39 bits per heavy atom. The molecule has 18 heavy (non-hydrogen) atoms. The second kappa shape index (κ2) is 5.59. The van der Waals surface area contributed by atoms with Crippen molar-refractivity contribution in [3.05, 3.63) is 0 Å². The van der Waals surface area contributed by atoms with Crippen LogP contribution in [-0.4, -0.2) is 29.2 Å². The van der Waals surface area contributed by atoms with E-state index in [1.54, 1.807) is 0 Å². The molecule has 3 unspecified atom stereocenters. The topological polar surface area (TPSA) is 78.4 Å². The van der Waals surface area contributed by atoms with Gasteiger partial charge in [0.25, 0.3) is 0 Å². The van der Waals surface area contributed by atoms with E-state index in [4.69, 9.17) is 5.11 Å². The van der Waals surface area contributed by atoms with Gasteiger partial charge in [0.1, 0.15) is 6.04 Å². The van der Waals surface area contributed by atoms with Gasteiger partial charge in [-0.2, -0.15) is 0 Å². The monoisotopic (exact) mass is 254 g/mol. The fraction of sp³-hybridized carbons (Fsp3) is 0.846. The lowest BCUT2D eigenvalue weighted by Gasteiger charge is -2.30. The summed E-state index contributed by atoms with van der Waals surface area (Å²) in [6.07, 6.45) is 6.29. The predicted octanol–water partition coefficient (Wildman–Crippen LogP) is 1.73. The van der Waals surface area contributed by atoms with Gasteiger partial charge >= 0.3 is 12.0 Å². The molecule has 0 spiro atoms. The standard InChI is InChI=1S/C13H22N2O3/c1-8-4-2-3-5-10(8)14-13(18)15-11(12(16)17)9-6-7-9/h8-11H,2-7H2,1H3,(H,16,17)(H2,14,15,18). The summed E-state index contributed by atoms with van der Waals surface area (Å²) in [7, 11) is 0. The average Bonchev–Trinajstić information content (AvgIpc) is 3.13. The zero-order valence-corrected chi connectivity index (χ0v) is 10.8. The third kappa shape index (κ3) is 3.37. The molecule has 2 aliphatic rings. The summed E-state index contributed by atoms with van der Waals surface area (Å²) in [6.45, 7) is 2.14. The van der Waals surface area contributed by atoms with E-state index in [0.29, 0.717) is 5.92 Å². The fourth-order valence-corrected chi connectivity index (χ4v) is 2.69. The minimum absolute atomic E-state index is 0.122. The number of hydrogen-bond donors (Lipinski definition) is 3. The molecular formula is C13H22N2O3. The van der Waals surface area contributed by atoms with Crippen LogP contribution < -0.4 is 10.6 Å². The molecule has 0 bridgehead atoms. The second-order valence-electron chi connectivity index (χ2n) is 5.64. The number of nitrogens with one attached hydrogen (secondary N) is 2. The first-order valence-electron chi connectivity index (χ1n) is 6.87. The van der Waals surface area contributed by atoms with Crippen LogP contribution in [0.3, 0.4) is 0 Å². The van der Waals surface area contributed by atoms with Gasteiger partial charge in [-0.15, -0.1) is 0 Å². The highest BCUT2D eigenvalue weighted by molar-refractivity contribution is 5.83. The zero-order valence-electron chi connectivity index (χ0n) is 10.8. The molecule has 0 radical (unpaired) electrons. The van der Waals surface area contributed by atoms with Gasteiger partial charge in [0.15, 0.2) is 0 Å². The van der Waals surface area contributed by atoms with Gasteiger partial charge < -0.3 is 15.7 Å². The number of carbonyl (C=O) groups is 2. The third-order valence-corrected chi connectivity index (χ3v) is 4.07. The summed E-state index contributed by atoms with van der Waals surface area (Å²) in [5.74, 6) is -0.324. The van der Waals surface area contributed by atoms with E-state index in [2.05, 4.69) is 17.6 Å². The van der Waals surface area contributed by atoms with Gasteiger partial charge in [-0.05, 0) is 37.5 Å². The minimum Gasteiger partial charge on any atom is -0.480 e. The lowest BCUT2D eigenvalue weighted by Crippen LogP contribution is -2.51. The van der Waals surface area contributed by atoms with Crippen LogP contribution in [0.1, 0.15) is 45.4 Å². The molecule has 0 aromatic rings. The van der Waals surface area contributed by atoms with Gasteiger partial charge in [0, 0.05) is 6.04 Å². The SMILES string of the molecule is CC1CCCCC1NC(=O)NC(C(=O)O)C1CC1. The highest BCUT2D eigenvalue weighted by Crippen LogP contribution is 2.32. The van der Waals surface area contributed by atoms with E-state index in [1.807, 2.05) is 0 Å². The summed E-state index contributed by atoms with van der Waals surface area (Å²) in [5, 5.41) is 14.6. The number of urea groups is 1. The van der Waals surface area contributed by atoms with Crippen molar-refractivity contribution in [2.45, 2.75) is 57.5 Å². The Kier molecular flexibility index (Phi) is 4.09. The van der Waals surface area contributed by atoms with Gasteiger partial charge in [-0.25, -0.2) is 9.59 Å². The van der Waals surface area contributed by atoms with E-state index < -0.39 is 12.0 Å². The maximum absolute atomic E-state index is 11.8. The normalized spacial score (nSPS) is 29.4. The van der Waals surface area contributed by atoms with Gasteiger partial charge in [-0.1, -0.05) is 19.8 Å². The molecule has 5 heteroatoms. The number of hydrogen-bond acceptors (Lipinski definition) is 2. The van der Waals surface area contributed by atoms with Crippen LogP contribution in [-0.2, 0) is 4.79 Å². The molecule has 0 saturated heterocycles. The van der Waals surface area contributed by atoms with E-state index in [-0.39, 0.29) is 18.0 Å². The summed E-state index contributed by atoms with van der Waals surface area (Å²) >= 11 is 0. The van der Waals surface area contributed by atoms with Crippen LogP contribution in [0.15, 0.2) is 0 Å². The van der Waals surface area contributed by atoms with Crippen molar-refractivity contribution in [2.75, 3.05) is 0 Å². The largest absolute Gasteiger partial charge is 0.480 e. The van der Waals surface area contributed by atoms with Crippen LogP contribution in [0.5, 0.6) is 0 Å². The molecule has 102 valence electrons. The lowest BCUT2D eigenvalue weighted by molar-refractivity contribution is -0.139. The Morgan fingerprint density at radius 1 is 1.17 bits per heavy atom. The van der Waals surface area contributed by atoms with E-state index in [9.17, 15) is 9.59 Å². The van der Waals surface area contributed by atoms with Crippen LogP contribution in [0, 0.1) is 11.8 Å². The van der Waals surface area contributed by atoms with Crippen molar-refractivity contribution in [1.82, 2.24) is 10.6 Å². The first-order valence-corrected chi connectivity index (χ1v) is 6.87. The molecule has 2 saturated carbocycles.